The number of rotatable bonds is 4. The van der Waals surface area contributed by atoms with Gasteiger partial charge in [0.2, 0.25) is 11.8 Å². The smallest absolute Gasteiger partial charge is 0.245 e. The number of hydrogen-bond acceptors (Lipinski definition) is 2. The normalized spacial score (nSPS) is 34.4. The molecule has 2 amide bonds. The van der Waals surface area contributed by atoms with Gasteiger partial charge in [0.15, 0.2) is 0 Å². The van der Waals surface area contributed by atoms with Crippen LogP contribution in [0.5, 0.6) is 0 Å². The van der Waals surface area contributed by atoms with Gasteiger partial charge in [-0.15, -0.1) is 0 Å². The second-order valence-corrected chi connectivity index (χ2v) is 6.25. The molecule has 1 aliphatic heterocycles. The number of hydrogen-bond donors (Lipinski definition) is 1. The quantitative estimate of drug-likeness (QED) is 0.817. The van der Waals surface area contributed by atoms with Gasteiger partial charge in [-0.1, -0.05) is 6.92 Å². The Bertz CT molecular complexity index is 385. The Balaban J connectivity index is 1.75. The molecule has 3 aliphatic rings. The Morgan fingerprint density at radius 2 is 2.00 bits per heavy atom. The van der Waals surface area contributed by atoms with Crippen molar-refractivity contribution < 1.29 is 9.59 Å². The van der Waals surface area contributed by atoms with Crippen molar-refractivity contribution in [3.05, 3.63) is 0 Å². The fourth-order valence-electron chi connectivity index (χ4n) is 3.27. The molecular weight excluding hydrogens is 228 g/mol. The molecule has 2 unspecified atom stereocenters. The highest BCUT2D eigenvalue weighted by Crippen LogP contribution is 2.61. The average molecular weight is 250 g/mol. The monoisotopic (exact) mass is 250 g/mol. The highest BCUT2D eigenvalue weighted by atomic mass is 16.2. The summed E-state index contributed by atoms with van der Waals surface area (Å²) in [7, 11) is 0. The number of carbonyl (C=O) groups is 2. The molecule has 2 saturated carbocycles. The first-order valence-electron chi connectivity index (χ1n) is 7.18. The van der Waals surface area contributed by atoms with Crippen LogP contribution in [0.4, 0.5) is 0 Å². The lowest BCUT2D eigenvalue weighted by atomic mass is 9.96. The number of nitrogens with one attached hydrogen (secondary N) is 1. The van der Waals surface area contributed by atoms with Crippen LogP contribution in [0.2, 0.25) is 0 Å². The second kappa shape index (κ2) is 3.97. The Morgan fingerprint density at radius 1 is 1.33 bits per heavy atom. The minimum atomic E-state index is -0.302. The number of piperazine rings is 1. The van der Waals surface area contributed by atoms with Crippen molar-refractivity contribution in [2.45, 2.75) is 58.0 Å². The molecule has 0 aromatic carbocycles. The van der Waals surface area contributed by atoms with Crippen LogP contribution in [0, 0.1) is 11.3 Å². The summed E-state index contributed by atoms with van der Waals surface area (Å²) >= 11 is 0. The Morgan fingerprint density at radius 3 is 2.50 bits per heavy atom. The predicted octanol–water partition coefficient (Wildman–Crippen LogP) is 1.30. The van der Waals surface area contributed by atoms with Gasteiger partial charge < -0.3 is 10.2 Å². The van der Waals surface area contributed by atoms with E-state index in [4.69, 9.17) is 0 Å². The van der Waals surface area contributed by atoms with Gasteiger partial charge in [-0.05, 0) is 50.4 Å². The van der Waals surface area contributed by atoms with Gasteiger partial charge >= 0.3 is 0 Å². The van der Waals surface area contributed by atoms with Gasteiger partial charge in [-0.2, -0.15) is 0 Å². The lowest BCUT2D eigenvalue weighted by molar-refractivity contribution is -0.149. The Labute approximate surface area is 108 Å². The van der Waals surface area contributed by atoms with Crippen LogP contribution in [0.3, 0.4) is 0 Å². The van der Waals surface area contributed by atoms with E-state index >= 15 is 0 Å². The molecule has 18 heavy (non-hydrogen) atoms. The zero-order valence-electron chi connectivity index (χ0n) is 11.2. The third-order valence-electron chi connectivity index (χ3n) is 4.97. The van der Waals surface area contributed by atoms with E-state index < -0.39 is 0 Å². The topological polar surface area (TPSA) is 49.4 Å². The summed E-state index contributed by atoms with van der Waals surface area (Å²) in [5, 5.41) is 2.82. The highest BCUT2D eigenvalue weighted by molar-refractivity contribution is 5.96. The van der Waals surface area contributed by atoms with Crippen LogP contribution in [-0.2, 0) is 9.59 Å². The maximum absolute atomic E-state index is 12.4. The van der Waals surface area contributed by atoms with Crippen LogP contribution in [-0.4, -0.2) is 35.3 Å². The highest BCUT2D eigenvalue weighted by Gasteiger charge is 2.56. The summed E-state index contributed by atoms with van der Waals surface area (Å²) in [5.41, 5.74) is 0.375. The van der Waals surface area contributed by atoms with E-state index in [1.54, 1.807) is 0 Å². The van der Waals surface area contributed by atoms with Crippen molar-refractivity contribution in [2.75, 3.05) is 6.54 Å². The molecule has 3 fully saturated rings. The molecule has 0 aromatic heterocycles. The van der Waals surface area contributed by atoms with Gasteiger partial charge in [-0.25, -0.2) is 0 Å². The predicted molar refractivity (Wildman–Crippen MR) is 67.8 cm³/mol. The summed E-state index contributed by atoms with van der Waals surface area (Å²) < 4.78 is 0. The molecule has 1 N–H and O–H groups in total. The SMILES string of the molecule is CCC1NC(=O)C(C)N(CC2(C3CC3)CC2)C1=O. The minimum Gasteiger partial charge on any atom is -0.343 e. The lowest BCUT2D eigenvalue weighted by Crippen LogP contribution is -2.63. The van der Waals surface area contributed by atoms with Crippen LogP contribution >= 0.6 is 0 Å². The lowest BCUT2D eigenvalue weighted by Gasteiger charge is -2.39. The van der Waals surface area contributed by atoms with Gasteiger partial charge in [0, 0.05) is 6.54 Å². The fraction of sp³-hybridized carbons (Fsp3) is 0.857. The van der Waals surface area contributed by atoms with Crippen molar-refractivity contribution in [2.24, 2.45) is 11.3 Å². The molecule has 3 rings (SSSR count). The third kappa shape index (κ3) is 1.82. The molecule has 4 nitrogen and oxygen atoms in total. The van der Waals surface area contributed by atoms with Gasteiger partial charge in [-0.3, -0.25) is 9.59 Å². The van der Waals surface area contributed by atoms with Crippen molar-refractivity contribution in [1.82, 2.24) is 10.2 Å². The van der Waals surface area contributed by atoms with Crippen LogP contribution in [0.1, 0.15) is 46.0 Å². The largest absolute Gasteiger partial charge is 0.343 e. The van der Waals surface area contributed by atoms with Crippen molar-refractivity contribution in [1.29, 1.82) is 0 Å². The zero-order valence-corrected chi connectivity index (χ0v) is 11.2. The first-order valence-corrected chi connectivity index (χ1v) is 7.18. The maximum atomic E-state index is 12.4. The van der Waals surface area contributed by atoms with E-state index in [2.05, 4.69) is 5.32 Å². The molecule has 2 aliphatic carbocycles. The summed E-state index contributed by atoms with van der Waals surface area (Å²) in [5.74, 6) is 0.951. The van der Waals surface area contributed by atoms with Gasteiger partial charge in [0.1, 0.15) is 12.1 Å². The van der Waals surface area contributed by atoms with Crippen molar-refractivity contribution in [3.63, 3.8) is 0 Å². The van der Waals surface area contributed by atoms with Crippen LogP contribution in [0.25, 0.3) is 0 Å². The molecule has 0 radical (unpaired) electrons. The fourth-order valence-corrected chi connectivity index (χ4v) is 3.27. The molecule has 0 aromatic rings. The molecule has 1 saturated heterocycles. The number of carbonyl (C=O) groups excluding carboxylic acids is 2. The molecule has 1 heterocycles. The van der Waals surface area contributed by atoms with E-state index in [0.717, 1.165) is 12.5 Å². The van der Waals surface area contributed by atoms with Gasteiger partial charge in [0.05, 0.1) is 0 Å². The first kappa shape index (κ1) is 12.0. The van der Waals surface area contributed by atoms with Crippen LogP contribution in [0.15, 0.2) is 0 Å². The summed E-state index contributed by atoms with van der Waals surface area (Å²) in [6.07, 6.45) is 5.81. The molecular formula is C14H22N2O2. The van der Waals surface area contributed by atoms with E-state index in [1.807, 2.05) is 18.7 Å². The summed E-state index contributed by atoms with van der Waals surface area (Å²) in [4.78, 5) is 26.1. The summed E-state index contributed by atoms with van der Waals surface area (Å²) in [6.45, 7) is 4.61. The average Bonchev–Trinajstić information content (AvgIpc) is 3.21. The van der Waals surface area contributed by atoms with Crippen molar-refractivity contribution in [3.8, 4) is 0 Å². The number of nitrogens with zero attached hydrogens (tertiary/aromatic N) is 1. The van der Waals surface area contributed by atoms with E-state index in [9.17, 15) is 9.59 Å². The molecule has 0 spiro atoms. The minimum absolute atomic E-state index is 0.00745. The molecule has 0 bridgehead atoms. The number of amides is 2. The standard InChI is InChI=1S/C14H22N2O2/c1-3-11-13(18)16(9(2)12(17)15-11)8-14(6-7-14)10-4-5-10/h9-11H,3-8H2,1-2H3,(H,15,17). The summed E-state index contributed by atoms with van der Waals surface area (Å²) in [6, 6.07) is -0.597. The molecule has 2 atom stereocenters. The van der Waals surface area contributed by atoms with E-state index in [-0.39, 0.29) is 23.9 Å². The third-order valence-corrected chi connectivity index (χ3v) is 4.97. The van der Waals surface area contributed by atoms with Crippen molar-refractivity contribution >= 4 is 11.8 Å². The van der Waals surface area contributed by atoms with Gasteiger partial charge in [0.25, 0.3) is 0 Å². The second-order valence-electron chi connectivity index (χ2n) is 6.25. The zero-order chi connectivity index (χ0) is 12.9. The van der Waals surface area contributed by atoms with E-state index in [1.165, 1.54) is 25.7 Å². The van der Waals surface area contributed by atoms with E-state index in [0.29, 0.717) is 11.8 Å². The van der Waals surface area contributed by atoms with Crippen LogP contribution < -0.4 is 5.32 Å². The Kier molecular flexibility index (Phi) is 2.65. The molecule has 4 heteroatoms. The first-order chi connectivity index (χ1) is 8.57. The Hall–Kier alpha value is -1.06. The maximum Gasteiger partial charge on any atom is 0.245 e. The molecule has 100 valence electrons.